The Labute approximate surface area is 182 Å². The summed E-state index contributed by atoms with van der Waals surface area (Å²) in [4.78, 5) is 21.0. The second kappa shape index (κ2) is 9.46. The maximum absolute atomic E-state index is 13.2. The van der Waals surface area contributed by atoms with E-state index in [0.29, 0.717) is 23.9 Å². The summed E-state index contributed by atoms with van der Waals surface area (Å²) < 4.78 is 19.6. The molecule has 2 heterocycles. The minimum absolute atomic E-state index is 0.149. The number of aromatic nitrogens is 2. The number of anilines is 1. The van der Waals surface area contributed by atoms with Gasteiger partial charge in [0.15, 0.2) is 0 Å². The van der Waals surface area contributed by atoms with Crippen LogP contribution in [0.5, 0.6) is 0 Å². The van der Waals surface area contributed by atoms with E-state index in [2.05, 4.69) is 41.2 Å². The normalized spacial score (nSPS) is 15.3. The number of amides is 1. The summed E-state index contributed by atoms with van der Waals surface area (Å²) in [6.45, 7) is 3.94. The third-order valence-electron chi connectivity index (χ3n) is 4.85. The molecule has 2 aromatic carbocycles. The molecule has 1 saturated heterocycles. The van der Waals surface area contributed by atoms with E-state index >= 15 is 0 Å². The molecule has 4 rings (SSSR count). The van der Waals surface area contributed by atoms with Crippen LogP contribution in [0.2, 0.25) is 0 Å². The van der Waals surface area contributed by atoms with Crippen LogP contribution in [0.25, 0.3) is 11.4 Å². The molecule has 0 radical (unpaired) electrons. The summed E-state index contributed by atoms with van der Waals surface area (Å²) in [5.41, 5.74) is 1.37. The van der Waals surface area contributed by atoms with Gasteiger partial charge in [0, 0.05) is 41.9 Å². The minimum atomic E-state index is -0.370. The van der Waals surface area contributed by atoms with Crippen LogP contribution in [-0.2, 0) is 11.3 Å². The Kier molecular flexibility index (Phi) is 6.51. The van der Waals surface area contributed by atoms with Crippen molar-refractivity contribution >= 4 is 27.5 Å². The van der Waals surface area contributed by atoms with Gasteiger partial charge in [0.1, 0.15) is 5.82 Å². The maximum atomic E-state index is 13.2. The van der Waals surface area contributed by atoms with Crippen LogP contribution >= 0.6 is 15.9 Å². The summed E-state index contributed by atoms with van der Waals surface area (Å²) >= 11 is 3.45. The van der Waals surface area contributed by atoms with Gasteiger partial charge in [0.05, 0.1) is 13.1 Å². The van der Waals surface area contributed by atoms with Gasteiger partial charge in [-0.25, -0.2) is 4.39 Å². The lowest BCUT2D eigenvalue weighted by atomic mass is 10.2. The summed E-state index contributed by atoms with van der Waals surface area (Å²) in [5.74, 6) is 0.622. The summed E-state index contributed by atoms with van der Waals surface area (Å²) in [6, 6.07) is 13.7. The molecule has 1 aliphatic heterocycles. The number of carbonyl (C=O) groups excluding carboxylic acids is 1. The van der Waals surface area contributed by atoms with Crippen LogP contribution in [0.1, 0.15) is 5.89 Å². The van der Waals surface area contributed by atoms with Gasteiger partial charge in [-0.1, -0.05) is 39.3 Å². The Hall–Kier alpha value is -2.62. The zero-order chi connectivity index (χ0) is 20.9. The standard InChI is InChI=1S/C21H21BrFN5O2/c22-16-4-1-3-15(11-16)21-25-20(30-26-21)14-28-9-7-27(8-10-28)13-19(29)24-18-6-2-5-17(23)12-18/h1-6,11-12H,7-10,13-14H2,(H,24,29). The van der Waals surface area contributed by atoms with E-state index in [0.717, 1.165) is 36.2 Å². The molecule has 1 fully saturated rings. The molecule has 156 valence electrons. The topological polar surface area (TPSA) is 74.5 Å². The van der Waals surface area contributed by atoms with Gasteiger partial charge in [0.25, 0.3) is 0 Å². The lowest BCUT2D eigenvalue weighted by molar-refractivity contribution is -0.117. The molecule has 30 heavy (non-hydrogen) atoms. The Morgan fingerprint density at radius 3 is 2.63 bits per heavy atom. The fraction of sp³-hybridized carbons (Fsp3) is 0.286. The highest BCUT2D eigenvalue weighted by Crippen LogP contribution is 2.21. The number of nitrogens with one attached hydrogen (secondary N) is 1. The largest absolute Gasteiger partial charge is 0.338 e. The molecular formula is C21H21BrFN5O2. The zero-order valence-electron chi connectivity index (χ0n) is 16.2. The number of hydrogen-bond donors (Lipinski definition) is 1. The highest BCUT2D eigenvalue weighted by atomic mass is 79.9. The van der Waals surface area contributed by atoms with Gasteiger partial charge < -0.3 is 9.84 Å². The summed E-state index contributed by atoms with van der Waals surface area (Å²) in [6.07, 6.45) is 0. The first-order valence-electron chi connectivity index (χ1n) is 9.64. The summed E-state index contributed by atoms with van der Waals surface area (Å²) in [7, 11) is 0. The lowest BCUT2D eigenvalue weighted by Crippen LogP contribution is -2.48. The van der Waals surface area contributed by atoms with Gasteiger partial charge in [-0.3, -0.25) is 14.6 Å². The van der Waals surface area contributed by atoms with Crippen molar-refractivity contribution in [1.82, 2.24) is 19.9 Å². The monoisotopic (exact) mass is 473 g/mol. The van der Waals surface area contributed by atoms with Gasteiger partial charge >= 0.3 is 0 Å². The van der Waals surface area contributed by atoms with Gasteiger partial charge in [-0.2, -0.15) is 4.98 Å². The van der Waals surface area contributed by atoms with Crippen molar-refractivity contribution in [3.8, 4) is 11.4 Å². The summed E-state index contributed by atoms with van der Waals surface area (Å²) in [5, 5.41) is 6.80. The highest BCUT2D eigenvalue weighted by Gasteiger charge is 2.21. The van der Waals surface area contributed by atoms with E-state index in [9.17, 15) is 9.18 Å². The Morgan fingerprint density at radius 2 is 1.87 bits per heavy atom. The van der Waals surface area contributed by atoms with E-state index in [1.807, 2.05) is 24.3 Å². The fourth-order valence-corrected chi connectivity index (χ4v) is 3.73. The second-order valence-electron chi connectivity index (χ2n) is 7.13. The van der Waals surface area contributed by atoms with E-state index in [-0.39, 0.29) is 18.3 Å². The number of rotatable bonds is 6. The first-order valence-corrected chi connectivity index (χ1v) is 10.4. The quantitative estimate of drug-likeness (QED) is 0.591. The third kappa shape index (κ3) is 5.50. The maximum Gasteiger partial charge on any atom is 0.241 e. The smallest absolute Gasteiger partial charge is 0.241 e. The van der Waals surface area contributed by atoms with E-state index in [1.165, 1.54) is 12.1 Å². The van der Waals surface area contributed by atoms with Crippen molar-refractivity contribution in [3.05, 3.63) is 64.7 Å². The first kappa shape index (κ1) is 20.6. The van der Waals surface area contributed by atoms with E-state index in [1.54, 1.807) is 12.1 Å². The van der Waals surface area contributed by atoms with Gasteiger partial charge in [-0.15, -0.1) is 0 Å². The average molecular weight is 474 g/mol. The van der Waals surface area contributed by atoms with Gasteiger partial charge in [-0.05, 0) is 30.3 Å². The van der Waals surface area contributed by atoms with Crippen molar-refractivity contribution in [2.24, 2.45) is 0 Å². The van der Waals surface area contributed by atoms with Crippen LogP contribution in [0, 0.1) is 5.82 Å². The van der Waals surface area contributed by atoms with Crippen molar-refractivity contribution < 1.29 is 13.7 Å². The number of halogens is 2. The molecule has 0 saturated carbocycles. The number of hydrogen-bond acceptors (Lipinski definition) is 6. The Bertz CT molecular complexity index is 1020. The lowest BCUT2D eigenvalue weighted by Gasteiger charge is -2.33. The molecule has 0 unspecified atom stereocenters. The molecule has 1 N–H and O–H groups in total. The number of benzene rings is 2. The number of piperazine rings is 1. The molecule has 0 bridgehead atoms. The fourth-order valence-electron chi connectivity index (χ4n) is 3.33. The molecule has 3 aromatic rings. The molecule has 9 heteroatoms. The van der Waals surface area contributed by atoms with Crippen molar-refractivity contribution in [2.45, 2.75) is 6.54 Å². The van der Waals surface area contributed by atoms with Crippen LogP contribution < -0.4 is 5.32 Å². The second-order valence-corrected chi connectivity index (χ2v) is 8.05. The van der Waals surface area contributed by atoms with E-state index < -0.39 is 0 Å². The Morgan fingerprint density at radius 1 is 1.10 bits per heavy atom. The van der Waals surface area contributed by atoms with Gasteiger partial charge in [0.2, 0.25) is 17.6 Å². The predicted molar refractivity (Wildman–Crippen MR) is 114 cm³/mol. The van der Waals surface area contributed by atoms with Crippen LogP contribution in [0.3, 0.4) is 0 Å². The first-order chi connectivity index (χ1) is 14.5. The van der Waals surface area contributed by atoms with Crippen LogP contribution in [0.4, 0.5) is 10.1 Å². The molecule has 1 aliphatic rings. The Balaban J connectivity index is 1.24. The van der Waals surface area contributed by atoms with Crippen molar-refractivity contribution in [1.29, 1.82) is 0 Å². The third-order valence-corrected chi connectivity index (χ3v) is 5.34. The average Bonchev–Trinajstić information content (AvgIpc) is 3.18. The van der Waals surface area contributed by atoms with Crippen molar-refractivity contribution in [2.75, 3.05) is 38.0 Å². The zero-order valence-corrected chi connectivity index (χ0v) is 17.8. The number of nitrogens with zero attached hydrogens (tertiary/aromatic N) is 4. The van der Waals surface area contributed by atoms with Crippen molar-refractivity contribution in [3.63, 3.8) is 0 Å². The SMILES string of the molecule is O=C(CN1CCN(Cc2nc(-c3cccc(Br)c3)no2)CC1)Nc1cccc(F)c1. The predicted octanol–water partition coefficient (Wildman–Crippen LogP) is 3.39. The molecule has 0 aliphatic carbocycles. The molecule has 1 amide bonds. The highest BCUT2D eigenvalue weighted by molar-refractivity contribution is 9.10. The molecule has 7 nitrogen and oxygen atoms in total. The minimum Gasteiger partial charge on any atom is -0.338 e. The van der Waals surface area contributed by atoms with E-state index in [4.69, 9.17) is 4.52 Å². The molecular weight excluding hydrogens is 453 g/mol. The number of carbonyl (C=O) groups is 1. The molecule has 0 atom stereocenters. The molecule has 0 spiro atoms. The van der Waals surface area contributed by atoms with Crippen LogP contribution in [-0.4, -0.2) is 58.6 Å². The van der Waals surface area contributed by atoms with Crippen LogP contribution in [0.15, 0.2) is 57.5 Å². The molecule has 1 aromatic heterocycles.